The summed E-state index contributed by atoms with van der Waals surface area (Å²) in [7, 11) is 1.89. The summed E-state index contributed by atoms with van der Waals surface area (Å²) in [6.07, 6.45) is 3.99. The Bertz CT molecular complexity index is 814. The molecule has 1 N–H and O–H groups in total. The Morgan fingerprint density at radius 3 is 2.74 bits per heavy atom. The van der Waals surface area contributed by atoms with Crippen LogP contribution in [0.25, 0.3) is 0 Å². The van der Waals surface area contributed by atoms with E-state index in [-0.39, 0.29) is 6.03 Å². The van der Waals surface area contributed by atoms with Crippen LogP contribution >= 0.6 is 0 Å². The number of nitrogens with one attached hydrogen (secondary N) is 1. The highest BCUT2D eigenvalue weighted by atomic mass is 19.1. The summed E-state index contributed by atoms with van der Waals surface area (Å²) in [4.78, 5) is 16.4. The van der Waals surface area contributed by atoms with Gasteiger partial charge in [0.1, 0.15) is 17.9 Å². The first-order valence-corrected chi connectivity index (χ1v) is 9.17. The van der Waals surface area contributed by atoms with Gasteiger partial charge in [0, 0.05) is 39.3 Å². The summed E-state index contributed by atoms with van der Waals surface area (Å²) < 4.78 is 21.3. The van der Waals surface area contributed by atoms with Crippen molar-refractivity contribution in [3.63, 3.8) is 0 Å². The smallest absolute Gasteiger partial charge is 0.322 e. The first-order chi connectivity index (χ1) is 13.1. The number of nitrogens with zero attached hydrogens (tertiary/aromatic N) is 5. The molecule has 1 saturated carbocycles. The number of carbonyl (C=O) groups is 1. The molecule has 0 atom stereocenters. The number of piperazine rings is 1. The van der Waals surface area contributed by atoms with Crippen LogP contribution in [0.1, 0.15) is 12.8 Å². The van der Waals surface area contributed by atoms with Crippen LogP contribution in [-0.2, 0) is 7.05 Å². The van der Waals surface area contributed by atoms with Crippen molar-refractivity contribution in [2.75, 3.05) is 43.0 Å². The highest BCUT2D eigenvalue weighted by Gasteiger charge is 2.25. The zero-order valence-electron chi connectivity index (χ0n) is 15.3. The monoisotopic (exact) mass is 374 g/mol. The minimum Gasteiger partial charge on any atom is -0.491 e. The van der Waals surface area contributed by atoms with Gasteiger partial charge >= 0.3 is 6.03 Å². The van der Waals surface area contributed by atoms with Gasteiger partial charge in [0.25, 0.3) is 0 Å². The van der Waals surface area contributed by atoms with E-state index in [1.807, 2.05) is 11.6 Å². The van der Waals surface area contributed by atoms with Crippen molar-refractivity contribution in [3.8, 4) is 5.75 Å². The minimum atomic E-state index is -0.406. The van der Waals surface area contributed by atoms with Crippen LogP contribution < -0.4 is 15.0 Å². The van der Waals surface area contributed by atoms with Crippen molar-refractivity contribution in [2.24, 2.45) is 13.0 Å². The first kappa shape index (κ1) is 17.6. The molecule has 2 aliphatic rings. The minimum absolute atomic E-state index is 0.255. The summed E-state index contributed by atoms with van der Waals surface area (Å²) in [6, 6.07) is 3.96. The molecule has 9 heteroatoms. The predicted molar refractivity (Wildman–Crippen MR) is 98.4 cm³/mol. The molecule has 2 amide bonds. The van der Waals surface area contributed by atoms with Gasteiger partial charge in [0.15, 0.2) is 0 Å². The lowest BCUT2D eigenvalue weighted by atomic mass is 10.2. The van der Waals surface area contributed by atoms with Gasteiger partial charge < -0.3 is 24.4 Å². The molecule has 1 aliphatic heterocycles. The number of carbonyl (C=O) groups excluding carboxylic acids is 1. The SMILES string of the molecule is Cn1cnnc1N1CCN(C(=O)Nc2cc(F)ccc2OCC2CC2)CC1. The van der Waals surface area contributed by atoms with E-state index in [1.54, 1.807) is 17.3 Å². The van der Waals surface area contributed by atoms with Gasteiger partial charge in [-0.05, 0) is 30.9 Å². The van der Waals surface area contributed by atoms with Gasteiger partial charge in [-0.15, -0.1) is 10.2 Å². The predicted octanol–water partition coefficient (Wildman–Crippen LogP) is 2.10. The maximum absolute atomic E-state index is 13.7. The molecular formula is C18H23FN6O2. The summed E-state index contributed by atoms with van der Waals surface area (Å²) in [5.74, 6) is 1.47. The van der Waals surface area contributed by atoms with Gasteiger partial charge in [-0.25, -0.2) is 9.18 Å². The Labute approximate surface area is 156 Å². The van der Waals surface area contributed by atoms with Gasteiger partial charge in [0.05, 0.1) is 12.3 Å². The number of urea groups is 1. The molecule has 1 aliphatic carbocycles. The number of amides is 2. The van der Waals surface area contributed by atoms with Crippen LogP contribution in [0.3, 0.4) is 0 Å². The fraction of sp³-hybridized carbons (Fsp3) is 0.500. The number of hydrogen-bond donors (Lipinski definition) is 1. The third kappa shape index (κ3) is 4.12. The largest absolute Gasteiger partial charge is 0.491 e. The van der Waals surface area contributed by atoms with E-state index in [4.69, 9.17) is 4.74 Å². The van der Waals surface area contributed by atoms with E-state index in [0.717, 1.165) is 5.95 Å². The summed E-state index contributed by atoms with van der Waals surface area (Å²) in [6.45, 7) is 3.02. The van der Waals surface area contributed by atoms with Crippen molar-refractivity contribution in [3.05, 3.63) is 30.3 Å². The standard InChI is InChI=1S/C18H23FN6O2/c1-23-12-20-22-17(23)24-6-8-25(9-7-24)18(26)21-15-10-14(19)4-5-16(15)27-11-13-2-3-13/h4-5,10,12-13H,2-3,6-9,11H2,1H3,(H,21,26). The van der Waals surface area contributed by atoms with Crippen molar-refractivity contribution in [1.29, 1.82) is 0 Å². The van der Waals surface area contributed by atoms with E-state index in [2.05, 4.69) is 20.4 Å². The zero-order valence-corrected chi connectivity index (χ0v) is 15.3. The van der Waals surface area contributed by atoms with Gasteiger partial charge in [-0.2, -0.15) is 0 Å². The van der Waals surface area contributed by atoms with Gasteiger partial charge in [-0.3, -0.25) is 0 Å². The van der Waals surface area contributed by atoms with Crippen LogP contribution in [0.2, 0.25) is 0 Å². The Hall–Kier alpha value is -2.84. The molecule has 2 heterocycles. The Morgan fingerprint density at radius 2 is 2.07 bits per heavy atom. The molecule has 27 heavy (non-hydrogen) atoms. The van der Waals surface area contributed by atoms with Crippen LogP contribution in [0, 0.1) is 11.7 Å². The van der Waals surface area contributed by atoms with Gasteiger partial charge in [0.2, 0.25) is 5.95 Å². The maximum atomic E-state index is 13.7. The second kappa shape index (κ2) is 7.42. The molecule has 144 valence electrons. The Morgan fingerprint density at radius 1 is 1.30 bits per heavy atom. The molecule has 1 aromatic carbocycles. The summed E-state index contributed by atoms with van der Waals surface area (Å²) >= 11 is 0. The fourth-order valence-corrected chi connectivity index (χ4v) is 3.09. The lowest BCUT2D eigenvalue weighted by Crippen LogP contribution is -2.50. The van der Waals surface area contributed by atoms with E-state index in [9.17, 15) is 9.18 Å². The molecule has 2 fully saturated rings. The van der Waals surface area contributed by atoms with Crippen LogP contribution in [0.15, 0.2) is 24.5 Å². The van der Waals surface area contributed by atoms with Crippen molar-refractivity contribution in [2.45, 2.75) is 12.8 Å². The third-order valence-electron chi connectivity index (χ3n) is 4.89. The van der Waals surface area contributed by atoms with E-state index >= 15 is 0 Å². The number of benzene rings is 1. The van der Waals surface area contributed by atoms with E-state index in [1.165, 1.54) is 25.0 Å². The molecule has 8 nitrogen and oxygen atoms in total. The summed E-state index contributed by atoms with van der Waals surface area (Å²) in [5.41, 5.74) is 0.372. The first-order valence-electron chi connectivity index (χ1n) is 9.17. The lowest BCUT2D eigenvalue weighted by Gasteiger charge is -2.34. The van der Waals surface area contributed by atoms with Crippen molar-refractivity contribution < 1.29 is 13.9 Å². The van der Waals surface area contributed by atoms with Crippen LogP contribution in [0.5, 0.6) is 5.75 Å². The topological polar surface area (TPSA) is 75.5 Å². The molecule has 1 saturated heterocycles. The average Bonchev–Trinajstić information content (AvgIpc) is 3.40. The van der Waals surface area contributed by atoms with Crippen molar-refractivity contribution in [1.82, 2.24) is 19.7 Å². The quantitative estimate of drug-likeness (QED) is 0.867. The highest BCUT2D eigenvalue weighted by molar-refractivity contribution is 5.91. The fourth-order valence-electron chi connectivity index (χ4n) is 3.09. The number of hydrogen-bond acceptors (Lipinski definition) is 5. The molecule has 4 rings (SSSR count). The number of aromatic nitrogens is 3. The highest BCUT2D eigenvalue weighted by Crippen LogP contribution is 2.32. The normalized spacial score (nSPS) is 17.1. The molecule has 0 radical (unpaired) electrons. The van der Waals surface area contributed by atoms with Crippen LogP contribution in [-0.4, -0.2) is 58.5 Å². The van der Waals surface area contributed by atoms with Crippen molar-refractivity contribution >= 4 is 17.7 Å². The molecule has 1 aromatic heterocycles. The molecule has 0 spiro atoms. The molecular weight excluding hydrogens is 351 g/mol. The molecule has 0 bridgehead atoms. The van der Waals surface area contributed by atoms with E-state index in [0.29, 0.717) is 50.1 Å². The number of rotatable bonds is 5. The van der Waals surface area contributed by atoms with Crippen LogP contribution in [0.4, 0.5) is 20.8 Å². The average molecular weight is 374 g/mol. The number of ether oxygens (including phenoxy) is 1. The maximum Gasteiger partial charge on any atom is 0.322 e. The second-order valence-corrected chi connectivity index (χ2v) is 7.04. The third-order valence-corrected chi connectivity index (χ3v) is 4.89. The number of aryl methyl sites for hydroxylation is 1. The Kier molecular flexibility index (Phi) is 4.83. The lowest BCUT2D eigenvalue weighted by molar-refractivity contribution is 0.207. The number of anilines is 2. The van der Waals surface area contributed by atoms with E-state index < -0.39 is 5.82 Å². The summed E-state index contributed by atoms with van der Waals surface area (Å²) in [5, 5.41) is 10.8. The Balaban J connectivity index is 1.36. The molecule has 0 unspecified atom stereocenters. The zero-order chi connectivity index (χ0) is 18.8. The molecule has 2 aromatic rings. The van der Waals surface area contributed by atoms with Gasteiger partial charge in [-0.1, -0.05) is 0 Å². The second-order valence-electron chi connectivity index (χ2n) is 7.04. The number of halogens is 1.